The average molecular weight is 373 g/mol. The Morgan fingerprint density at radius 2 is 1.96 bits per heavy atom. The molecule has 5 rings (SSSR count). The summed E-state index contributed by atoms with van der Waals surface area (Å²) in [4.78, 5) is 20.0. The maximum atomic E-state index is 13.0. The molecule has 0 radical (unpaired) electrons. The molecule has 0 bridgehead atoms. The van der Waals surface area contributed by atoms with Gasteiger partial charge >= 0.3 is 0 Å². The Kier molecular flexibility index (Phi) is 4.30. The minimum Gasteiger partial charge on any atom is -0.381 e. The Morgan fingerprint density at radius 1 is 1.19 bits per heavy atom. The highest BCUT2D eigenvalue weighted by Gasteiger charge is 2.51. The van der Waals surface area contributed by atoms with Gasteiger partial charge in [-0.2, -0.15) is 4.98 Å². The molecular weight excluding hydrogens is 342 g/mol. The second-order valence-corrected chi connectivity index (χ2v) is 9.66. The van der Waals surface area contributed by atoms with Crippen LogP contribution in [0.3, 0.4) is 0 Å². The molecule has 148 valence electrons. The average Bonchev–Trinajstić information content (AvgIpc) is 3.61. The molecule has 1 aromatic heterocycles. The third kappa shape index (κ3) is 3.41. The highest BCUT2D eigenvalue weighted by Crippen LogP contribution is 2.50. The van der Waals surface area contributed by atoms with Crippen LogP contribution in [0, 0.1) is 11.3 Å². The van der Waals surface area contributed by atoms with Gasteiger partial charge in [0.05, 0.1) is 5.41 Å². The number of piperidine rings is 1. The fourth-order valence-electron chi connectivity index (χ4n) is 4.96. The molecule has 4 aliphatic rings. The summed E-state index contributed by atoms with van der Waals surface area (Å²) >= 11 is 0. The summed E-state index contributed by atoms with van der Waals surface area (Å²) in [5.74, 6) is 3.07. The van der Waals surface area contributed by atoms with Crippen LogP contribution in [0.15, 0.2) is 4.52 Å². The fraction of sp³-hybridized carbons (Fsp3) is 0.857. The Bertz CT molecular complexity index is 703. The summed E-state index contributed by atoms with van der Waals surface area (Å²) in [6.07, 6.45) is 9.80. The van der Waals surface area contributed by atoms with Gasteiger partial charge < -0.3 is 14.2 Å². The van der Waals surface area contributed by atoms with Crippen molar-refractivity contribution in [3.63, 3.8) is 0 Å². The lowest BCUT2D eigenvalue weighted by Gasteiger charge is -2.42. The smallest absolute Gasteiger partial charge is 0.229 e. The maximum Gasteiger partial charge on any atom is 0.229 e. The zero-order valence-electron chi connectivity index (χ0n) is 16.4. The first-order valence-corrected chi connectivity index (χ1v) is 10.8. The number of amides is 1. The van der Waals surface area contributed by atoms with Gasteiger partial charge in [0.2, 0.25) is 11.8 Å². The van der Waals surface area contributed by atoms with Crippen LogP contribution in [0.5, 0.6) is 0 Å². The van der Waals surface area contributed by atoms with Crippen LogP contribution in [-0.2, 0) is 14.9 Å². The molecule has 27 heavy (non-hydrogen) atoms. The molecule has 0 N–H and O–H groups in total. The zero-order valence-corrected chi connectivity index (χ0v) is 16.4. The minimum atomic E-state index is -0.118. The van der Waals surface area contributed by atoms with Crippen molar-refractivity contribution in [3.05, 3.63) is 11.7 Å². The van der Waals surface area contributed by atoms with Crippen molar-refractivity contribution in [1.29, 1.82) is 0 Å². The normalized spacial score (nSPS) is 31.1. The summed E-state index contributed by atoms with van der Waals surface area (Å²) in [6.45, 7) is 5.31. The number of carbonyl (C=O) groups excluding carboxylic acids is 1. The van der Waals surface area contributed by atoms with E-state index >= 15 is 0 Å². The lowest BCUT2D eigenvalue weighted by molar-refractivity contribution is -0.139. The monoisotopic (exact) mass is 373 g/mol. The minimum absolute atomic E-state index is 0.104. The fourth-order valence-corrected chi connectivity index (χ4v) is 4.96. The molecule has 2 saturated carbocycles. The van der Waals surface area contributed by atoms with Gasteiger partial charge in [0.25, 0.3) is 0 Å². The van der Waals surface area contributed by atoms with Crippen LogP contribution in [-0.4, -0.2) is 47.3 Å². The van der Waals surface area contributed by atoms with E-state index < -0.39 is 0 Å². The van der Waals surface area contributed by atoms with Gasteiger partial charge in [0.1, 0.15) is 0 Å². The van der Waals surface area contributed by atoms with E-state index in [2.05, 4.69) is 17.0 Å². The zero-order chi connectivity index (χ0) is 18.5. The van der Waals surface area contributed by atoms with E-state index in [1.165, 1.54) is 12.8 Å². The van der Waals surface area contributed by atoms with Crippen molar-refractivity contribution < 1.29 is 14.1 Å². The highest BCUT2D eigenvalue weighted by atomic mass is 16.5. The first-order chi connectivity index (χ1) is 13.1. The molecule has 6 nitrogen and oxygen atoms in total. The van der Waals surface area contributed by atoms with Gasteiger partial charge in [0.15, 0.2) is 5.82 Å². The quantitative estimate of drug-likeness (QED) is 0.791. The molecule has 2 aliphatic carbocycles. The van der Waals surface area contributed by atoms with Crippen LogP contribution >= 0.6 is 0 Å². The Morgan fingerprint density at radius 3 is 2.67 bits per heavy atom. The largest absolute Gasteiger partial charge is 0.381 e. The molecule has 0 spiro atoms. The van der Waals surface area contributed by atoms with Crippen molar-refractivity contribution in [1.82, 2.24) is 15.0 Å². The van der Waals surface area contributed by atoms with Crippen molar-refractivity contribution in [2.75, 3.05) is 26.3 Å². The third-order valence-corrected chi connectivity index (χ3v) is 7.24. The number of likely N-dealkylation sites (tertiary alicyclic amines) is 1. The second kappa shape index (κ2) is 6.57. The van der Waals surface area contributed by atoms with E-state index in [1.807, 2.05) is 0 Å². The van der Waals surface area contributed by atoms with Gasteiger partial charge in [-0.15, -0.1) is 0 Å². The molecule has 1 aromatic rings. The Balaban J connectivity index is 1.40. The van der Waals surface area contributed by atoms with E-state index in [4.69, 9.17) is 14.2 Å². The lowest BCUT2D eigenvalue weighted by atomic mass is 9.74. The Hall–Kier alpha value is -1.43. The SMILES string of the molecule is CC1(C(=O)N2CCCC(CC3CC3)(c3noc(C4CCOCC4)n3)C2)CC1. The van der Waals surface area contributed by atoms with E-state index in [0.717, 1.165) is 88.9 Å². The van der Waals surface area contributed by atoms with Crippen LogP contribution < -0.4 is 0 Å². The number of aromatic nitrogens is 2. The number of carbonyl (C=O) groups is 1. The van der Waals surface area contributed by atoms with E-state index in [1.54, 1.807) is 0 Å². The molecule has 1 unspecified atom stereocenters. The molecule has 1 atom stereocenters. The van der Waals surface area contributed by atoms with Gasteiger partial charge in [0, 0.05) is 37.6 Å². The summed E-state index contributed by atoms with van der Waals surface area (Å²) in [7, 11) is 0. The molecule has 4 fully saturated rings. The molecule has 2 aliphatic heterocycles. The van der Waals surface area contributed by atoms with Crippen LogP contribution in [0.25, 0.3) is 0 Å². The summed E-state index contributed by atoms with van der Waals surface area (Å²) in [6, 6.07) is 0. The molecule has 2 saturated heterocycles. The van der Waals surface area contributed by atoms with E-state index in [9.17, 15) is 4.79 Å². The summed E-state index contributed by atoms with van der Waals surface area (Å²) < 4.78 is 11.2. The highest BCUT2D eigenvalue weighted by molar-refractivity contribution is 5.85. The van der Waals surface area contributed by atoms with Crippen molar-refractivity contribution >= 4 is 5.91 Å². The van der Waals surface area contributed by atoms with Gasteiger partial charge in [-0.25, -0.2) is 0 Å². The molecular formula is C21H31N3O3. The summed E-state index contributed by atoms with van der Waals surface area (Å²) in [5.41, 5.74) is -0.222. The number of ether oxygens (including phenoxy) is 1. The van der Waals surface area contributed by atoms with Crippen LogP contribution in [0.2, 0.25) is 0 Å². The molecule has 0 aromatic carbocycles. The Labute approximate surface area is 161 Å². The van der Waals surface area contributed by atoms with Gasteiger partial charge in [-0.05, 0) is 50.9 Å². The topological polar surface area (TPSA) is 68.5 Å². The van der Waals surface area contributed by atoms with Gasteiger partial charge in [-0.1, -0.05) is 24.9 Å². The van der Waals surface area contributed by atoms with E-state index in [0.29, 0.717) is 11.8 Å². The van der Waals surface area contributed by atoms with Crippen molar-refractivity contribution in [2.45, 2.75) is 76.0 Å². The first-order valence-electron chi connectivity index (χ1n) is 10.8. The third-order valence-electron chi connectivity index (χ3n) is 7.24. The van der Waals surface area contributed by atoms with Gasteiger partial charge in [-0.3, -0.25) is 4.79 Å². The first kappa shape index (κ1) is 17.7. The predicted octanol–water partition coefficient (Wildman–Crippen LogP) is 3.42. The van der Waals surface area contributed by atoms with Crippen molar-refractivity contribution in [3.8, 4) is 0 Å². The van der Waals surface area contributed by atoms with Crippen molar-refractivity contribution in [2.24, 2.45) is 11.3 Å². The number of rotatable bonds is 5. The van der Waals surface area contributed by atoms with Crippen LogP contribution in [0.4, 0.5) is 0 Å². The molecule has 3 heterocycles. The van der Waals surface area contributed by atoms with Crippen LogP contribution in [0.1, 0.15) is 82.3 Å². The maximum absolute atomic E-state index is 13.0. The predicted molar refractivity (Wildman–Crippen MR) is 99.3 cm³/mol. The number of hydrogen-bond donors (Lipinski definition) is 0. The second-order valence-electron chi connectivity index (χ2n) is 9.66. The number of hydrogen-bond acceptors (Lipinski definition) is 5. The standard InChI is InChI=1S/C21H31N3O3/c1-20(8-9-20)19(25)24-10-2-7-21(14-24,13-15-3-4-15)18-22-17(27-23-18)16-5-11-26-12-6-16/h15-16H,2-14H2,1H3. The number of nitrogens with zero attached hydrogens (tertiary/aromatic N) is 3. The van der Waals surface area contributed by atoms with E-state index in [-0.39, 0.29) is 10.8 Å². The lowest BCUT2D eigenvalue weighted by Crippen LogP contribution is -2.51. The summed E-state index contributed by atoms with van der Waals surface area (Å²) in [5, 5.41) is 4.47. The molecule has 6 heteroatoms. The molecule has 1 amide bonds.